The molecule has 0 aliphatic heterocycles. The summed E-state index contributed by atoms with van der Waals surface area (Å²) in [6.07, 6.45) is 1.36. The number of anilines is 1. The number of carbonyl (C=O) groups excluding carboxylic acids is 1. The number of hydrogen-bond acceptors (Lipinski definition) is 5. The first-order valence-electron chi connectivity index (χ1n) is 5.63. The highest BCUT2D eigenvalue weighted by molar-refractivity contribution is 7.98. The van der Waals surface area contributed by atoms with Crippen molar-refractivity contribution in [2.75, 3.05) is 11.6 Å². The maximum atomic E-state index is 11.5. The number of amides is 1. The summed E-state index contributed by atoms with van der Waals surface area (Å²) in [7, 11) is 0. The Balaban J connectivity index is 1.83. The first-order chi connectivity index (χ1) is 9.28. The number of rotatable bonds is 4. The van der Waals surface area contributed by atoms with Crippen LogP contribution in [0.1, 0.15) is 5.56 Å². The smallest absolute Gasteiger partial charge is 0.413 e. The average molecular weight is 275 g/mol. The van der Waals surface area contributed by atoms with Gasteiger partial charge in [0.1, 0.15) is 11.6 Å². The Morgan fingerprint density at radius 3 is 2.63 bits per heavy atom. The van der Waals surface area contributed by atoms with Crippen molar-refractivity contribution >= 4 is 23.7 Å². The molecule has 1 amide bonds. The van der Waals surface area contributed by atoms with E-state index in [0.29, 0.717) is 5.82 Å². The third kappa shape index (κ3) is 4.26. The second-order valence-electron chi connectivity index (χ2n) is 3.65. The van der Waals surface area contributed by atoms with Crippen LogP contribution in [0, 0.1) is 0 Å². The van der Waals surface area contributed by atoms with Gasteiger partial charge >= 0.3 is 6.09 Å². The Labute approximate surface area is 115 Å². The predicted octanol–water partition coefficient (Wildman–Crippen LogP) is 2.95. The summed E-state index contributed by atoms with van der Waals surface area (Å²) in [4.78, 5) is 11.5. The molecule has 1 N–H and O–H groups in total. The van der Waals surface area contributed by atoms with E-state index in [1.54, 1.807) is 12.1 Å². The van der Waals surface area contributed by atoms with Gasteiger partial charge in [0.25, 0.3) is 0 Å². The van der Waals surface area contributed by atoms with Crippen LogP contribution in [-0.2, 0) is 11.3 Å². The zero-order valence-corrected chi connectivity index (χ0v) is 11.2. The molecule has 0 unspecified atom stereocenters. The molecule has 1 aromatic carbocycles. The van der Waals surface area contributed by atoms with E-state index in [1.807, 2.05) is 36.6 Å². The van der Waals surface area contributed by atoms with E-state index in [9.17, 15) is 4.79 Å². The van der Waals surface area contributed by atoms with Gasteiger partial charge in [-0.25, -0.2) is 4.79 Å². The van der Waals surface area contributed by atoms with Crippen molar-refractivity contribution < 1.29 is 9.53 Å². The lowest BCUT2D eigenvalue weighted by atomic mass is 10.2. The molecule has 0 saturated heterocycles. The van der Waals surface area contributed by atoms with Crippen molar-refractivity contribution in [2.45, 2.75) is 11.6 Å². The number of benzene rings is 1. The zero-order chi connectivity index (χ0) is 13.5. The summed E-state index contributed by atoms with van der Waals surface area (Å²) in [5.41, 5.74) is 0.932. The van der Waals surface area contributed by atoms with Crippen LogP contribution in [0.25, 0.3) is 0 Å². The molecule has 1 heterocycles. The van der Waals surface area contributed by atoms with Crippen LogP contribution in [0.15, 0.2) is 47.5 Å². The minimum Gasteiger partial charge on any atom is -0.444 e. The summed E-state index contributed by atoms with van der Waals surface area (Å²) in [6, 6.07) is 12.9. The molecule has 0 radical (unpaired) electrons. The standard InChI is InChI=1S/C13H13N3O2S/c1-19-12-8-7-11(15-16-12)14-13(17)18-9-10-5-3-2-4-6-10/h2-8H,9H2,1H3,(H,14,15,17). The largest absolute Gasteiger partial charge is 0.444 e. The van der Waals surface area contributed by atoms with Gasteiger partial charge < -0.3 is 4.74 Å². The first-order valence-corrected chi connectivity index (χ1v) is 6.86. The van der Waals surface area contributed by atoms with Crippen LogP contribution in [0.3, 0.4) is 0 Å². The summed E-state index contributed by atoms with van der Waals surface area (Å²) < 4.78 is 5.07. The lowest BCUT2D eigenvalue weighted by Crippen LogP contribution is -2.14. The summed E-state index contributed by atoms with van der Waals surface area (Å²) in [5.74, 6) is 0.371. The molecule has 0 fully saturated rings. The van der Waals surface area contributed by atoms with E-state index < -0.39 is 6.09 Å². The van der Waals surface area contributed by atoms with Gasteiger partial charge in [0.15, 0.2) is 5.82 Å². The lowest BCUT2D eigenvalue weighted by Gasteiger charge is -2.06. The fourth-order valence-electron chi connectivity index (χ4n) is 1.36. The van der Waals surface area contributed by atoms with E-state index in [4.69, 9.17) is 4.74 Å². The Bertz CT molecular complexity index is 531. The van der Waals surface area contributed by atoms with Gasteiger partial charge in [0.05, 0.1) is 0 Å². The highest BCUT2D eigenvalue weighted by Gasteiger charge is 2.05. The monoisotopic (exact) mass is 275 g/mol. The fourth-order valence-corrected chi connectivity index (χ4v) is 1.69. The number of nitrogens with zero attached hydrogens (tertiary/aromatic N) is 2. The summed E-state index contributed by atoms with van der Waals surface area (Å²) >= 11 is 1.49. The molecule has 19 heavy (non-hydrogen) atoms. The quantitative estimate of drug-likeness (QED) is 0.869. The number of aromatic nitrogens is 2. The van der Waals surface area contributed by atoms with E-state index in [1.165, 1.54) is 11.8 Å². The molecule has 0 aliphatic carbocycles. The predicted molar refractivity (Wildman–Crippen MR) is 74.1 cm³/mol. The Hall–Kier alpha value is -2.08. The maximum absolute atomic E-state index is 11.5. The molecule has 0 aliphatic rings. The number of ether oxygens (including phenoxy) is 1. The van der Waals surface area contributed by atoms with E-state index >= 15 is 0 Å². The minimum atomic E-state index is -0.546. The normalized spacial score (nSPS) is 9.95. The zero-order valence-electron chi connectivity index (χ0n) is 10.4. The molecule has 2 rings (SSSR count). The van der Waals surface area contributed by atoms with Gasteiger partial charge in [-0.3, -0.25) is 5.32 Å². The van der Waals surface area contributed by atoms with Crippen molar-refractivity contribution in [2.24, 2.45) is 0 Å². The van der Waals surface area contributed by atoms with Crippen LogP contribution < -0.4 is 5.32 Å². The number of nitrogens with one attached hydrogen (secondary N) is 1. The van der Waals surface area contributed by atoms with Crippen LogP contribution >= 0.6 is 11.8 Å². The molecular formula is C13H13N3O2S. The Kier molecular flexibility index (Phi) is 4.74. The molecule has 5 nitrogen and oxygen atoms in total. The van der Waals surface area contributed by atoms with Crippen molar-refractivity contribution in [3.8, 4) is 0 Å². The fraction of sp³-hybridized carbons (Fsp3) is 0.154. The maximum Gasteiger partial charge on any atom is 0.413 e. The third-order valence-electron chi connectivity index (χ3n) is 2.29. The van der Waals surface area contributed by atoms with E-state index in [0.717, 1.165) is 10.6 Å². The van der Waals surface area contributed by atoms with Crippen molar-refractivity contribution in [3.05, 3.63) is 48.0 Å². The van der Waals surface area contributed by atoms with Gasteiger partial charge in [0, 0.05) is 0 Å². The van der Waals surface area contributed by atoms with Gasteiger partial charge in [-0.15, -0.1) is 22.0 Å². The molecular weight excluding hydrogens is 262 g/mol. The van der Waals surface area contributed by atoms with Crippen LogP contribution in [0.4, 0.5) is 10.6 Å². The number of carbonyl (C=O) groups is 1. The van der Waals surface area contributed by atoms with Crippen LogP contribution in [-0.4, -0.2) is 22.5 Å². The van der Waals surface area contributed by atoms with E-state index in [-0.39, 0.29) is 6.61 Å². The first kappa shape index (κ1) is 13.4. The lowest BCUT2D eigenvalue weighted by molar-refractivity contribution is 0.155. The molecule has 6 heteroatoms. The molecule has 2 aromatic rings. The van der Waals surface area contributed by atoms with Crippen molar-refractivity contribution in [1.29, 1.82) is 0 Å². The van der Waals surface area contributed by atoms with E-state index in [2.05, 4.69) is 15.5 Å². The minimum absolute atomic E-state index is 0.225. The van der Waals surface area contributed by atoms with Crippen LogP contribution in [0.5, 0.6) is 0 Å². The number of thioether (sulfide) groups is 1. The molecule has 1 aromatic heterocycles. The second-order valence-corrected chi connectivity index (χ2v) is 4.47. The van der Waals surface area contributed by atoms with Gasteiger partial charge in [-0.1, -0.05) is 30.3 Å². The summed E-state index contributed by atoms with van der Waals surface area (Å²) in [5, 5.41) is 11.1. The molecule has 0 saturated carbocycles. The second kappa shape index (κ2) is 6.75. The number of hydrogen-bond donors (Lipinski definition) is 1. The Morgan fingerprint density at radius 1 is 1.21 bits per heavy atom. The third-order valence-corrected chi connectivity index (χ3v) is 2.93. The van der Waals surface area contributed by atoms with Gasteiger partial charge in [-0.2, -0.15) is 0 Å². The summed E-state index contributed by atoms with van der Waals surface area (Å²) in [6.45, 7) is 0.225. The topological polar surface area (TPSA) is 64.1 Å². The van der Waals surface area contributed by atoms with Crippen molar-refractivity contribution in [3.63, 3.8) is 0 Å². The molecule has 0 bridgehead atoms. The average Bonchev–Trinajstić information content (AvgIpc) is 2.47. The highest BCUT2D eigenvalue weighted by atomic mass is 32.2. The van der Waals surface area contributed by atoms with Gasteiger partial charge in [-0.05, 0) is 24.0 Å². The highest BCUT2D eigenvalue weighted by Crippen LogP contribution is 2.11. The molecule has 0 spiro atoms. The van der Waals surface area contributed by atoms with Gasteiger partial charge in [0.2, 0.25) is 0 Å². The Morgan fingerprint density at radius 2 is 2.00 bits per heavy atom. The molecule has 0 atom stereocenters. The van der Waals surface area contributed by atoms with Crippen molar-refractivity contribution in [1.82, 2.24) is 10.2 Å². The van der Waals surface area contributed by atoms with Crippen LogP contribution in [0.2, 0.25) is 0 Å². The SMILES string of the molecule is CSc1ccc(NC(=O)OCc2ccccc2)nn1. The molecule has 98 valence electrons.